The van der Waals surface area contributed by atoms with Gasteiger partial charge in [-0.05, 0) is 13.5 Å². The molecule has 56 valence electrons. The lowest BCUT2D eigenvalue weighted by Gasteiger charge is -2.19. The Morgan fingerprint density at radius 2 is 2.60 bits per heavy atom. The maximum Gasteiger partial charge on any atom is 0.240 e. The van der Waals surface area contributed by atoms with Crippen molar-refractivity contribution in [3.8, 4) is 0 Å². The fourth-order valence-electron chi connectivity index (χ4n) is 0.902. The molecule has 1 atom stereocenters. The molecule has 0 aromatic carbocycles. The molecule has 2 nitrogen and oxygen atoms in total. The van der Waals surface area contributed by atoms with Crippen molar-refractivity contribution in [3.63, 3.8) is 0 Å². The molecule has 3 heteroatoms. The number of hydrogen-bond donors (Lipinski definition) is 0. The molecule has 0 bridgehead atoms. The monoisotopic (exact) mass is 203 g/mol. The summed E-state index contributed by atoms with van der Waals surface area (Å²) in [6, 6.07) is 0. The van der Waals surface area contributed by atoms with Crippen LogP contribution < -0.4 is 0 Å². The van der Waals surface area contributed by atoms with E-state index in [1.54, 1.807) is 0 Å². The van der Waals surface area contributed by atoms with Crippen LogP contribution in [0.25, 0.3) is 0 Å². The summed E-state index contributed by atoms with van der Waals surface area (Å²) in [7, 11) is 0. The van der Waals surface area contributed by atoms with Gasteiger partial charge in [0.25, 0.3) is 0 Å². The summed E-state index contributed by atoms with van der Waals surface area (Å²) in [6.07, 6.45) is 6.01. The van der Waals surface area contributed by atoms with Gasteiger partial charge in [0, 0.05) is 6.54 Å². The highest BCUT2D eigenvalue weighted by Crippen LogP contribution is 2.23. The molecule has 1 unspecified atom stereocenters. The number of hydrogen-bond acceptors (Lipinski definition) is 1. The van der Waals surface area contributed by atoms with Gasteiger partial charge in [-0.25, -0.2) is 0 Å². The van der Waals surface area contributed by atoms with Crippen LogP contribution >= 0.6 is 16.1 Å². The molecule has 0 saturated carbocycles. The van der Waals surface area contributed by atoms with Gasteiger partial charge in [-0.15, -0.1) is 0 Å². The quantitative estimate of drug-likeness (QED) is 0.622. The fourth-order valence-corrected chi connectivity index (χ4v) is 1.30. The summed E-state index contributed by atoms with van der Waals surface area (Å²) < 4.78 is 0.640. The van der Waals surface area contributed by atoms with Crippen molar-refractivity contribution in [2.45, 2.75) is 6.92 Å². The highest BCUT2D eigenvalue weighted by molar-refractivity contribution is 9.05. The van der Waals surface area contributed by atoms with Crippen molar-refractivity contribution in [1.29, 1.82) is 0 Å². The Bertz CT molecular complexity index is 167. The van der Waals surface area contributed by atoms with Gasteiger partial charge in [0.15, 0.2) is 6.67 Å². The Labute approximate surface area is 70.4 Å². The first-order valence-corrected chi connectivity index (χ1v) is 4.05. The fraction of sp³-hybridized carbons (Fsp3) is 0.429. The Morgan fingerprint density at radius 1 is 1.90 bits per heavy atom. The normalized spacial score (nSPS) is 31.2. The van der Waals surface area contributed by atoms with Crippen LogP contribution in [-0.2, 0) is 0 Å². The predicted molar refractivity (Wildman–Crippen MR) is 45.8 cm³/mol. The van der Waals surface area contributed by atoms with E-state index in [1.165, 1.54) is 0 Å². The van der Waals surface area contributed by atoms with Crippen molar-refractivity contribution in [2.75, 3.05) is 13.2 Å². The van der Waals surface area contributed by atoms with Gasteiger partial charge in [0.05, 0.1) is 6.20 Å². The van der Waals surface area contributed by atoms with E-state index in [1.807, 2.05) is 6.20 Å². The Balaban J connectivity index is 2.59. The molecule has 0 aromatic heterocycles. The molecule has 0 amide bonds. The van der Waals surface area contributed by atoms with E-state index in [0.29, 0.717) is 3.51 Å². The van der Waals surface area contributed by atoms with Crippen LogP contribution in [0.2, 0.25) is 0 Å². The van der Waals surface area contributed by atoms with Crippen LogP contribution in [0.1, 0.15) is 6.92 Å². The second-order valence-corrected chi connectivity index (χ2v) is 3.68. The van der Waals surface area contributed by atoms with Gasteiger partial charge >= 0.3 is 0 Å². The standard InChI is InChI=1S/C7H12BrN2/c1-3-9-5-6-10(8,4-2)7-9/h4-6H,2-3,7H2,1H3/q+1. The summed E-state index contributed by atoms with van der Waals surface area (Å²) in [6.45, 7) is 7.86. The predicted octanol–water partition coefficient (Wildman–Crippen LogP) is 2.02. The molecule has 1 heterocycles. The summed E-state index contributed by atoms with van der Waals surface area (Å²) in [5.74, 6) is 0. The maximum atomic E-state index is 3.73. The van der Waals surface area contributed by atoms with E-state index < -0.39 is 0 Å². The van der Waals surface area contributed by atoms with Crippen molar-refractivity contribution in [3.05, 3.63) is 25.2 Å². The molecule has 1 aliphatic rings. The summed E-state index contributed by atoms with van der Waals surface area (Å²) in [5.41, 5.74) is 0. The van der Waals surface area contributed by atoms with Crippen molar-refractivity contribution < 1.29 is 3.51 Å². The van der Waals surface area contributed by atoms with Crippen LogP contribution in [0.15, 0.2) is 25.2 Å². The van der Waals surface area contributed by atoms with Crippen LogP contribution in [0, 0.1) is 0 Å². The lowest BCUT2D eigenvalue weighted by molar-refractivity contribution is -0.666. The van der Waals surface area contributed by atoms with Crippen molar-refractivity contribution >= 4 is 16.1 Å². The number of quaternary nitrogens is 1. The van der Waals surface area contributed by atoms with E-state index in [9.17, 15) is 0 Å². The Morgan fingerprint density at radius 3 is 2.90 bits per heavy atom. The van der Waals surface area contributed by atoms with Gasteiger partial charge in [-0.2, -0.15) is 3.51 Å². The van der Waals surface area contributed by atoms with E-state index in [2.05, 4.69) is 46.9 Å². The molecule has 0 aromatic rings. The minimum atomic E-state index is 0.640. The first-order chi connectivity index (χ1) is 4.70. The minimum Gasteiger partial charge on any atom is -0.325 e. The highest BCUT2D eigenvalue weighted by Gasteiger charge is 2.26. The zero-order valence-corrected chi connectivity index (χ0v) is 7.71. The lowest BCUT2D eigenvalue weighted by Crippen LogP contribution is -2.29. The maximum absolute atomic E-state index is 3.73. The largest absolute Gasteiger partial charge is 0.325 e. The smallest absolute Gasteiger partial charge is 0.240 e. The lowest BCUT2D eigenvalue weighted by atomic mass is 10.6. The van der Waals surface area contributed by atoms with Crippen LogP contribution in [0.5, 0.6) is 0 Å². The van der Waals surface area contributed by atoms with Crippen molar-refractivity contribution in [2.24, 2.45) is 0 Å². The molecule has 1 rings (SSSR count). The van der Waals surface area contributed by atoms with Gasteiger partial charge < -0.3 is 4.90 Å². The molecule has 0 N–H and O–H groups in total. The summed E-state index contributed by atoms with van der Waals surface area (Å²) in [5, 5.41) is 0. The van der Waals surface area contributed by atoms with Gasteiger partial charge in [0.1, 0.15) is 12.4 Å². The van der Waals surface area contributed by atoms with Gasteiger partial charge in [0.2, 0.25) is 16.1 Å². The van der Waals surface area contributed by atoms with Crippen LogP contribution in [-0.4, -0.2) is 21.6 Å². The Hall–Kier alpha value is -0.280. The Kier molecular flexibility index (Phi) is 2.16. The van der Waals surface area contributed by atoms with E-state index in [-0.39, 0.29) is 0 Å². The molecular formula is C7H12BrN2+. The number of rotatable bonds is 2. The summed E-state index contributed by atoms with van der Waals surface area (Å²) in [4.78, 5) is 2.22. The zero-order chi connectivity index (χ0) is 7.61. The zero-order valence-electron chi connectivity index (χ0n) is 6.13. The third-order valence-corrected chi connectivity index (χ3v) is 2.38. The summed E-state index contributed by atoms with van der Waals surface area (Å²) >= 11 is 3.52. The molecule has 0 spiro atoms. The van der Waals surface area contributed by atoms with Crippen LogP contribution in [0.4, 0.5) is 0 Å². The van der Waals surface area contributed by atoms with Gasteiger partial charge in [-0.3, -0.25) is 0 Å². The third kappa shape index (κ3) is 1.41. The topological polar surface area (TPSA) is 3.24 Å². The molecule has 0 saturated heterocycles. The number of nitrogens with zero attached hydrogens (tertiary/aromatic N) is 2. The SMILES string of the molecule is C=C[N+]1(Br)C=CN(CC)C1. The average molecular weight is 204 g/mol. The second-order valence-electron chi connectivity index (χ2n) is 2.36. The molecule has 0 aliphatic carbocycles. The second kappa shape index (κ2) is 2.76. The first kappa shape index (κ1) is 7.82. The first-order valence-electron chi connectivity index (χ1n) is 3.34. The van der Waals surface area contributed by atoms with Crippen molar-refractivity contribution in [1.82, 2.24) is 4.90 Å². The average Bonchev–Trinajstić information content (AvgIpc) is 2.33. The molecule has 0 fully saturated rings. The van der Waals surface area contributed by atoms with E-state index in [0.717, 1.165) is 13.2 Å². The molecule has 1 aliphatic heterocycles. The molecule has 10 heavy (non-hydrogen) atoms. The van der Waals surface area contributed by atoms with Gasteiger partial charge in [-0.1, -0.05) is 0 Å². The van der Waals surface area contributed by atoms with E-state index >= 15 is 0 Å². The highest BCUT2D eigenvalue weighted by atomic mass is 79.9. The molecular weight excluding hydrogens is 192 g/mol. The molecule has 0 radical (unpaired) electrons. The number of halogens is 1. The van der Waals surface area contributed by atoms with Crippen LogP contribution in [0.3, 0.4) is 0 Å². The minimum absolute atomic E-state index is 0.640. The third-order valence-electron chi connectivity index (χ3n) is 1.63. The van der Waals surface area contributed by atoms with E-state index in [4.69, 9.17) is 0 Å².